The predicted molar refractivity (Wildman–Crippen MR) is 83.9 cm³/mol. The third-order valence-electron chi connectivity index (χ3n) is 3.23. The molecule has 0 fully saturated rings. The van der Waals surface area contributed by atoms with Crippen molar-refractivity contribution in [2.75, 3.05) is 5.73 Å². The van der Waals surface area contributed by atoms with E-state index in [0.29, 0.717) is 17.7 Å². The number of Topliss-reactive ketones (excluding diaryl/α,β-unsaturated/α-hetero) is 1. The Balaban J connectivity index is 2.30. The van der Waals surface area contributed by atoms with Crippen molar-refractivity contribution in [1.82, 2.24) is 9.78 Å². The average molecular weight is 336 g/mol. The monoisotopic (exact) mass is 335 g/mol. The van der Waals surface area contributed by atoms with Gasteiger partial charge in [-0.15, -0.1) is 0 Å². The summed E-state index contributed by atoms with van der Waals surface area (Å²) in [6, 6.07) is 7.08. The van der Waals surface area contributed by atoms with Crippen molar-refractivity contribution < 1.29 is 4.79 Å². The van der Waals surface area contributed by atoms with Crippen LogP contribution >= 0.6 is 15.9 Å². The van der Waals surface area contributed by atoms with E-state index in [2.05, 4.69) is 28.0 Å². The van der Waals surface area contributed by atoms with Gasteiger partial charge in [0.2, 0.25) is 0 Å². The maximum absolute atomic E-state index is 12.4. The van der Waals surface area contributed by atoms with E-state index in [9.17, 15) is 4.79 Å². The Hall–Kier alpha value is -1.62. The molecule has 20 heavy (non-hydrogen) atoms. The molecule has 2 N–H and O–H groups in total. The minimum atomic E-state index is 0.0512. The molecule has 4 nitrogen and oxygen atoms in total. The van der Waals surface area contributed by atoms with E-state index < -0.39 is 0 Å². The zero-order valence-corrected chi connectivity index (χ0v) is 13.3. The summed E-state index contributed by atoms with van der Waals surface area (Å²) >= 11 is 3.56. The molecule has 106 valence electrons. The van der Waals surface area contributed by atoms with Gasteiger partial charge in [-0.3, -0.25) is 9.48 Å². The molecular formula is C15H18BrN3O. The molecule has 0 atom stereocenters. The first-order valence-electron chi connectivity index (χ1n) is 6.69. The van der Waals surface area contributed by atoms with E-state index in [1.54, 1.807) is 24.3 Å². The number of aromatic nitrogens is 2. The van der Waals surface area contributed by atoms with Crippen LogP contribution in [0, 0.1) is 0 Å². The van der Waals surface area contributed by atoms with E-state index in [-0.39, 0.29) is 5.78 Å². The number of carbonyl (C=O) groups excluding carboxylic acids is 1. The summed E-state index contributed by atoms with van der Waals surface area (Å²) in [5, 5.41) is 4.50. The third kappa shape index (κ3) is 2.93. The fourth-order valence-electron chi connectivity index (χ4n) is 2.15. The second-order valence-corrected chi connectivity index (χ2v) is 5.40. The van der Waals surface area contributed by atoms with Gasteiger partial charge in [0.05, 0.1) is 22.3 Å². The third-order valence-corrected chi connectivity index (χ3v) is 4.15. The zero-order chi connectivity index (χ0) is 14.7. The average Bonchev–Trinajstić information content (AvgIpc) is 2.75. The van der Waals surface area contributed by atoms with Crippen molar-refractivity contribution in [3.05, 3.63) is 45.7 Å². The minimum Gasteiger partial charge on any atom is -0.399 e. The van der Waals surface area contributed by atoms with Gasteiger partial charge in [0, 0.05) is 17.8 Å². The van der Waals surface area contributed by atoms with E-state index in [1.165, 1.54) is 0 Å². The van der Waals surface area contributed by atoms with Crippen LogP contribution in [-0.4, -0.2) is 15.6 Å². The van der Waals surface area contributed by atoms with Gasteiger partial charge in [0.15, 0.2) is 5.78 Å². The van der Waals surface area contributed by atoms with Gasteiger partial charge in [-0.25, -0.2) is 0 Å². The van der Waals surface area contributed by atoms with Gasteiger partial charge in [-0.05, 0) is 41.4 Å². The number of anilines is 1. The summed E-state index contributed by atoms with van der Waals surface area (Å²) in [4.78, 5) is 12.4. The van der Waals surface area contributed by atoms with Crippen molar-refractivity contribution in [2.24, 2.45) is 0 Å². The fraction of sp³-hybridized carbons (Fsp3) is 0.333. The first-order valence-corrected chi connectivity index (χ1v) is 7.48. The lowest BCUT2D eigenvalue weighted by Gasteiger charge is -2.05. The molecule has 0 radical (unpaired) electrons. The molecule has 2 aromatic rings. The minimum absolute atomic E-state index is 0.0512. The fourth-order valence-corrected chi connectivity index (χ4v) is 2.86. The molecule has 0 saturated carbocycles. The number of nitrogen functional groups attached to an aromatic ring is 1. The van der Waals surface area contributed by atoms with Crippen molar-refractivity contribution in [2.45, 2.75) is 33.2 Å². The Morgan fingerprint density at radius 3 is 2.75 bits per heavy atom. The molecule has 0 aliphatic rings. The summed E-state index contributed by atoms with van der Waals surface area (Å²) in [5.41, 5.74) is 8.88. The molecule has 0 aliphatic heterocycles. The van der Waals surface area contributed by atoms with Gasteiger partial charge >= 0.3 is 0 Å². The number of carbonyl (C=O) groups is 1. The number of benzene rings is 1. The quantitative estimate of drug-likeness (QED) is 0.674. The van der Waals surface area contributed by atoms with Crippen LogP contribution in [0.5, 0.6) is 0 Å². The molecule has 0 spiro atoms. The molecule has 0 amide bonds. The highest BCUT2D eigenvalue weighted by Gasteiger charge is 2.17. The number of hydrogen-bond acceptors (Lipinski definition) is 3. The Kier molecular flexibility index (Phi) is 4.60. The van der Waals surface area contributed by atoms with Gasteiger partial charge < -0.3 is 5.73 Å². The first-order chi connectivity index (χ1) is 9.56. The van der Waals surface area contributed by atoms with Crippen molar-refractivity contribution >= 4 is 27.4 Å². The molecular weight excluding hydrogens is 318 g/mol. The van der Waals surface area contributed by atoms with E-state index in [0.717, 1.165) is 28.8 Å². The molecule has 1 aromatic carbocycles. The van der Waals surface area contributed by atoms with Gasteiger partial charge in [0.25, 0.3) is 0 Å². The number of rotatable bonds is 5. The number of aryl methyl sites for hydroxylation is 2. The number of ketones is 1. The maximum atomic E-state index is 12.4. The van der Waals surface area contributed by atoms with Gasteiger partial charge in [0.1, 0.15) is 0 Å². The van der Waals surface area contributed by atoms with Crippen molar-refractivity contribution in [3.8, 4) is 0 Å². The van der Waals surface area contributed by atoms with Crippen LogP contribution < -0.4 is 5.73 Å². The normalized spacial score (nSPS) is 10.8. The topological polar surface area (TPSA) is 60.9 Å². The van der Waals surface area contributed by atoms with E-state index in [1.807, 2.05) is 11.6 Å². The molecule has 0 unspecified atom stereocenters. The second kappa shape index (κ2) is 6.22. The summed E-state index contributed by atoms with van der Waals surface area (Å²) in [5.74, 6) is 0.0512. The Bertz CT molecular complexity index is 634. The largest absolute Gasteiger partial charge is 0.399 e. The van der Waals surface area contributed by atoms with Gasteiger partial charge in [-0.1, -0.05) is 19.1 Å². The summed E-state index contributed by atoms with van der Waals surface area (Å²) in [7, 11) is 0. The lowest BCUT2D eigenvalue weighted by molar-refractivity contribution is 0.0990. The summed E-state index contributed by atoms with van der Waals surface area (Å²) < 4.78 is 2.83. The molecule has 0 aliphatic carbocycles. The van der Waals surface area contributed by atoms with Crippen LogP contribution in [0.2, 0.25) is 0 Å². The van der Waals surface area contributed by atoms with E-state index >= 15 is 0 Å². The summed E-state index contributed by atoms with van der Waals surface area (Å²) in [6.45, 7) is 4.82. The predicted octanol–water partition coefficient (Wildman–Crippen LogP) is 3.24. The zero-order valence-electron chi connectivity index (χ0n) is 11.7. The van der Waals surface area contributed by atoms with Crippen LogP contribution in [0.3, 0.4) is 0 Å². The maximum Gasteiger partial charge on any atom is 0.168 e. The van der Waals surface area contributed by atoms with Crippen LogP contribution in [0.15, 0.2) is 28.7 Å². The van der Waals surface area contributed by atoms with Crippen LogP contribution in [0.25, 0.3) is 0 Å². The van der Waals surface area contributed by atoms with Crippen molar-refractivity contribution in [1.29, 1.82) is 0 Å². The highest BCUT2D eigenvalue weighted by Crippen LogP contribution is 2.24. The Morgan fingerprint density at radius 2 is 2.15 bits per heavy atom. The number of hydrogen-bond donors (Lipinski definition) is 1. The van der Waals surface area contributed by atoms with E-state index in [4.69, 9.17) is 5.73 Å². The number of nitrogens with two attached hydrogens (primary N) is 1. The van der Waals surface area contributed by atoms with Crippen molar-refractivity contribution in [3.63, 3.8) is 0 Å². The molecule has 0 bridgehead atoms. The molecule has 0 saturated heterocycles. The first kappa shape index (κ1) is 14.8. The lowest BCUT2D eigenvalue weighted by Crippen LogP contribution is -2.10. The number of nitrogens with zero attached hydrogens (tertiary/aromatic N) is 2. The standard InChI is InChI=1S/C15H18BrN3O/c1-3-12-15(16)13(19(4-2)18-12)9-14(20)10-6-5-7-11(17)8-10/h5-8H,3-4,9,17H2,1-2H3. The Morgan fingerprint density at radius 1 is 1.40 bits per heavy atom. The molecule has 2 rings (SSSR count). The molecule has 1 aromatic heterocycles. The number of halogens is 1. The lowest BCUT2D eigenvalue weighted by atomic mass is 10.1. The molecule has 1 heterocycles. The SMILES string of the molecule is CCc1nn(CC)c(CC(=O)c2cccc(N)c2)c1Br. The summed E-state index contributed by atoms with van der Waals surface area (Å²) in [6.07, 6.45) is 1.16. The molecule has 5 heteroatoms. The Labute approximate surface area is 127 Å². The highest BCUT2D eigenvalue weighted by atomic mass is 79.9. The highest BCUT2D eigenvalue weighted by molar-refractivity contribution is 9.10. The van der Waals surface area contributed by atoms with Crippen LogP contribution in [-0.2, 0) is 19.4 Å². The van der Waals surface area contributed by atoms with Gasteiger partial charge in [-0.2, -0.15) is 5.10 Å². The second-order valence-electron chi connectivity index (χ2n) is 4.60. The smallest absolute Gasteiger partial charge is 0.168 e. The van der Waals surface area contributed by atoms with Crippen LogP contribution in [0.4, 0.5) is 5.69 Å². The van der Waals surface area contributed by atoms with Crippen LogP contribution in [0.1, 0.15) is 35.6 Å².